The quantitative estimate of drug-likeness (QED) is 0.811. The SMILES string of the molecule is Cc1ccc2c(c1C)NC(=O)C[C@H]2c1cc2c(cc1Br)OCO2. The summed E-state index contributed by atoms with van der Waals surface area (Å²) in [4.78, 5) is 12.2. The van der Waals surface area contributed by atoms with E-state index in [1.165, 1.54) is 5.56 Å². The first-order valence-electron chi connectivity index (χ1n) is 7.53. The second-order valence-corrected chi connectivity index (χ2v) is 6.86. The van der Waals surface area contributed by atoms with Crippen LogP contribution >= 0.6 is 15.9 Å². The number of aryl methyl sites for hydroxylation is 1. The Morgan fingerprint density at radius 1 is 1.13 bits per heavy atom. The highest BCUT2D eigenvalue weighted by atomic mass is 79.9. The molecule has 0 saturated heterocycles. The summed E-state index contributed by atoms with van der Waals surface area (Å²) < 4.78 is 11.9. The first-order valence-corrected chi connectivity index (χ1v) is 8.33. The van der Waals surface area contributed by atoms with Gasteiger partial charge in [0.05, 0.1) is 0 Å². The number of nitrogens with one attached hydrogen (secondary N) is 1. The van der Waals surface area contributed by atoms with E-state index >= 15 is 0 Å². The minimum atomic E-state index is 0.00178. The first-order chi connectivity index (χ1) is 11.0. The summed E-state index contributed by atoms with van der Waals surface area (Å²) in [6.07, 6.45) is 0.424. The number of anilines is 1. The second-order valence-electron chi connectivity index (χ2n) is 6.00. The molecule has 2 heterocycles. The maximum absolute atomic E-state index is 12.2. The van der Waals surface area contributed by atoms with Gasteiger partial charge in [0.25, 0.3) is 0 Å². The van der Waals surface area contributed by atoms with Crippen LogP contribution in [0.15, 0.2) is 28.7 Å². The van der Waals surface area contributed by atoms with E-state index < -0.39 is 0 Å². The van der Waals surface area contributed by atoms with Gasteiger partial charge in [-0.3, -0.25) is 4.79 Å². The van der Waals surface area contributed by atoms with E-state index in [0.717, 1.165) is 38.3 Å². The van der Waals surface area contributed by atoms with Gasteiger partial charge in [0.2, 0.25) is 12.7 Å². The van der Waals surface area contributed by atoms with Crippen molar-refractivity contribution < 1.29 is 14.3 Å². The molecule has 4 rings (SSSR count). The Hall–Kier alpha value is -2.01. The van der Waals surface area contributed by atoms with Gasteiger partial charge in [0.1, 0.15) is 0 Å². The molecule has 0 aliphatic carbocycles. The highest BCUT2D eigenvalue weighted by Gasteiger charge is 2.30. The maximum Gasteiger partial charge on any atom is 0.231 e. The number of halogens is 1. The topological polar surface area (TPSA) is 47.6 Å². The Kier molecular flexibility index (Phi) is 3.34. The molecule has 0 fully saturated rings. The minimum Gasteiger partial charge on any atom is -0.454 e. The van der Waals surface area contributed by atoms with E-state index in [2.05, 4.69) is 40.3 Å². The largest absolute Gasteiger partial charge is 0.454 e. The molecule has 0 unspecified atom stereocenters. The average molecular weight is 374 g/mol. The Morgan fingerprint density at radius 2 is 1.87 bits per heavy atom. The molecule has 1 atom stereocenters. The van der Waals surface area contributed by atoms with Gasteiger partial charge in [0, 0.05) is 22.5 Å². The van der Waals surface area contributed by atoms with Gasteiger partial charge in [-0.2, -0.15) is 0 Å². The highest BCUT2D eigenvalue weighted by molar-refractivity contribution is 9.10. The van der Waals surface area contributed by atoms with Crippen LogP contribution in [0.3, 0.4) is 0 Å². The maximum atomic E-state index is 12.2. The molecule has 5 heteroatoms. The summed E-state index contributed by atoms with van der Waals surface area (Å²) in [6, 6.07) is 8.12. The molecule has 2 aliphatic rings. The van der Waals surface area contributed by atoms with E-state index in [1.54, 1.807) is 0 Å². The minimum absolute atomic E-state index is 0.00178. The molecule has 1 N–H and O–H groups in total. The number of ether oxygens (including phenoxy) is 2. The van der Waals surface area contributed by atoms with E-state index in [4.69, 9.17) is 9.47 Å². The van der Waals surface area contributed by atoms with Crippen LogP contribution in [0.1, 0.15) is 34.6 Å². The molecule has 2 aromatic rings. The van der Waals surface area contributed by atoms with E-state index in [-0.39, 0.29) is 18.6 Å². The molecule has 0 aromatic heterocycles. The first kappa shape index (κ1) is 14.6. The van der Waals surface area contributed by atoms with Crippen molar-refractivity contribution in [3.8, 4) is 11.5 Å². The standard InChI is InChI=1S/C18H16BrNO3/c1-9-3-4-11-12(6-17(21)20-18(11)10(9)2)13-5-15-16(7-14(13)19)23-8-22-15/h3-5,7,12H,6,8H2,1-2H3,(H,20,21)/t12-/m1/s1. The Morgan fingerprint density at radius 3 is 2.65 bits per heavy atom. The van der Waals surface area contributed by atoms with Gasteiger partial charge < -0.3 is 14.8 Å². The van der Waals surface area contributed by atoms with Crippen LogP contribution in [-0.4, -0.2) is 12.7 Å². The number of amides is 1. The van der Waals surface area contributed by atoms with Crippen molar-refractivity contribution in [3.63, 3.8) is 0 Å². The van der Waals surface area contributed by atoms with Gasteiger partial charge in [-0.05, 0) is 48.2 Å². The summed E-state index contributed by atoms with van der Waals surface area (Å²) in [6.45, 7) is 4.35. The molecular weight excluding hydrogens is 358 g/mol. The molecule has 0 spiro atoms. The number of rotatable bonds is 1. The lowest BCUT2D eigenvalue weighted by molar-refractivity contribution is -0.116. The molecule has 1 amide bonds. The fourth-order valence-corrected chi connectivity index (χ4v) is 3.86. The van der Waals surface area contributed by atoms with Gasteiger partial charge in [0.15, 0.2) is 11.5 Å². The molecule has 2 aliphatic heterocycles. The third-order valence-corrected chi connectivity index (χ3v) is 5.35. The van der Waals surface area contributed by atoms with Crippen molar-refractivity contribution in [2.75, 3.05) is 12.1 Å². The predicted octanol–water partition coefficient (Wildman–Crippen LogP) is 4.27. The smallest absolute Gasteiger partial charge is 0.231 e. The predicted molar refractivity (Wildman–Crippen MR) is 91.3 cm³/mol. The molecule has 23 heavy (non-hydrogen) atoms. The van der Waals surface area contributed by atoms with Crippen molar-refractivity contribution in [1.82, 2.24) is 0 Å². The molecule has 0 bridgehead atoms. The zero-order chi connectivity index (χ0) is 16.1. The van der Waals surface area contributed by atoms with Crippen molar-refractivity contribution in [2.45, 2.75) is 26.2 Å². The van der Waals surface area contributed by atoms with Gasteiger partial charge >= 0.3 is 0 Å². The monoisotopic (exact) mass is 373 g/mol. The Bertz CT molecular complexity index is 832. The molecular formula is C18H16BrNO3. The van der Waals surface area contributed by atoms with Gasteiger partial charge in [-0.25, -0.2) is 0 Å². The van der Waals surface area contributed by atoms with Crippen molar-refractivity contribution in [1.29, 1.82) is 0 Å². The summed E-state index contributed by atoms with van der Waals surface area (Å²) >= 11 is 3.62. The van der Waals surface area contributed by atoms with Crippen LogP contribution in [-0.2, 0) is 4.79 Å². The normalized spacial score (nSPS) is 18.6. The van der Waals surface area contributed by atoms with Crippen LogP contribution < -0.4 is 14.8 Å². The number of carbonyl (C=O) groups excluding carboxylic acids is 1. The van der Waals surface area contributed by atoms with E-state index in [1.807, 2.05) is 19.1 Å². The number of carbonyl (C=O) groups is 1. The Balaban J connectivity index is 1.88. The van der Waals surface area contributed by atoms with Gasteiger partial charge in [-0.1, -0.05) is 28.1 Å². The fraction of sp³-hybridized carbons (Fsp3) is 0.278. The fourth-order valence-electron chi connectivity index (χ4n) is 3.26. The van der Waals surface area contributed by atoms with Crippen molar-refractivity contribution in [2.24, 2.45) is 0 Å². The molecule has 0 radical (unpaired) electrons. The molecule has 2 aromatic carbocycles. The lowest BCUT2D eigenvalue weighted by Gasteiger charge is -2.28. The second kappa shape index (κ2) is 5.27. The van der Waals surface area contributed by atoms with Crippen LogP contribution in [0.5, 0.6) is 11.5 Å². The van der Waals surface area contributed by atoms with Gasteiger partial charge in [-0.15, -0.1) is 0 Å². The molecule has 118 valence electrons. The van der Waals surface area contributed by atoms with Crippen LogP contribution in [0, 0.1) is 13.8 Å². The number of hydrogen-bond acceptors (Lipinski definition) is 3. The summed E-state index contributed by atoms with van der Waals surface area (Å²) in [5.41, 5.74) is 5.43. The summed E-state index contributed by atoms with van der Waals surface area (Å²) in [7, 11) is 0. The van der Waals surface area contributed by atoms with Crippen molar-refractivity contribution >= 4 is 27.5 Å². The van der Waals surface area contributed by atoms with Crippen LogP contribution in [0.25, 0.3) is 0 Å². The number of hydrogen-bond donors (Lipinski definition) is 1. The average Bonchev–Trinajstić information content (AvgIpc) is 2.97. The lowest BCUT2D eigenvalue weighted by atomic mass is 9.83. The molecule has 0 saturated carbocycles. The lowest BCUT2D eigenvalue weighted by Crippen LogP contribution is -2.24. The Labute approximate surface area is 142 Å². The van der Waals surface area contributed by atoms with Crippen LogP contribution in [0.2, 0.25) is 0 Å². The molecule has 4 nitrogen and oxygen atoms in total. The summed E-state index contributed by atoms with van der Waals surface area (Å²) in [5.74, 6) is 1.52. The zero-order valence-corrected chi connectivity index (χ0v) is 14.5. The highest BCUT2D eigenvalue weighted by Crippen LogP contribution is 2.45. The summed E-state index contributed by atoms with van der Waals surface area (Å²) in [5, 5.41) is 3.03. The van der Waals surface area contributed by atoms with E-state index in [0.29, 0.717) is 6.42 Å². The zero-order valence-electron chi connectivity index (χ0n) is 12.9. The number of benzene rings is 2. The van der Waals surface area contributed by atoms with E-state index in [9.17, 15) is 4.79 Å². The third kappa shape index (κ3) is 2.30. The number of fused-ring (bicyclic) bond motifs is 2. The van der Waals surface area contributed by atoms with Crippen LogP contribution in [0.4, 0.5) is 5.69 Å². The third-order valence-electron chi connectivity index (χ3n) is 4.66. The van der Waals surface area contributed by atoms with Crippen molar-refractivity contribution in [3.05, 3.63) is 51.0 Å².